The van der Waals surface area contributed by atoms with Gasteiger partial charge in [-0.15, -0.1) is 0 Å². The van der Waals surface area contributed by atoms with E-state index in [2.05, 4.69) is 26.0 Å². The van der Waals surface area contributed by atoms with Gasteiger partial charge in [0.15, 0.2) is 0 Å². The Balaban J connectivity index is 2.27. The molecule has 2 aliphatic rings. The molecular formula is C18H30O. The molecule has 1 nitrogen and oxygen atoms in total. The number of allylic oxidation sites excluding steroid dienone is 3. The van der Waals surface area contributed by atoms with Crippen molar-refractivity contribution in [1.29, 1.82) is 0 Å². The van der Waals surface area contributed by atoms with Crippen LogP contribution in [0.3, 0.4) is 0 Å². The van der Waals surface area contributed by atoms with Crippen LogP contribution in [0.1, 0.15) is 71.6 Å². The maximum Gasteiger partial charge on any atom is 0.106 e. The molecule has 0 spiro atoms. The molecule has 0 amide bonds. The van der Waals surface area contributed by atoms with Gasteiger partial charge in [0.25, 0.3) is 0 Å². The van der Waals surface area contributed by atoms with Gasteiger partial charge in [0.1, 0.15) is 12.4 Å². The minimum absolute atomic E-state index is 0.683. The summed E-state index contributed by atoms with van der Waals surface area (Å²) in [6.45, 7) is 5.40. The molecule has 0 saturated heterocycles. The molecule has 2 rings (SSSR count). The fourth-order valence-corrected chi connectivity index (χ4v) is 3.69. The molecule has 1 aliphatic carbocycles. The van der Waals surface area contributed by atoms with Crippen LogP contribution in [0.2, 0.25) is 0 Å². The van der Waals surface area contributed by atoms with Crippen molar-refractivity contribution < 1.29 is 4.74 Å². The lowest BCUT2D eigenvalue weighted by atomic mass is 9.85. The van der Waals surface area contributed by atoms with E-state index in [0.717, 1.165) is 12.5 Å². The smallest absolute Gasteiger partial charge is 0.106 e. The maximum atomic E-state index is 6.11. The van der Waals surface area contributed by atoms with Gasteiger partial charge in [0.05, 0.1) is 0 Å². The molecular weight excluding hydrogens is 232 g/mol. The predicted molar refractivity (Wildman–Crippen MR) is 82.0 cm³/mol. The molecule has 0 aromatic carbocycles. The molecule has 108 valence electrons. The van der Waals surface area contributed by atoms with Crippen molar-refractivity contribution in [2.45, 2.75) is 71.6 Å². The highest BCUT2D eigenvalue weighted by Gasteiger charge is 2.26. The van der Waals surface area contributed by atoms with Gasteiger partial charge in [-0.3, -0.25) is 0 Å². The lowest BCUT2D eigenvalue weighted by Gasteiger charge is -2.28. The average Bonchev–Trinajstić information content (AvgIpc) is 2.51. The summed E-state index contributed by atoms with van der Waals surface area (Å²) in [4.78, 5) is 0. The summed E-state index contributed by atoms with van der Waals surface area (Å²) < 4.78 is 6.11. The van der Waals surface area contributed by atoms with Crippen LogP contribution in [-0.2, 0) is 4.74 Å². The molecule has 0 saturated carbocycles. The molecule has 0 aromatic heterocycles. The number of hydrogen-bond acceptors (Lipinski definition) is 1. The van der Waals surface area contributed by atoms with E-state index in [4.69, 9.17) is 4.74 Å². The van der Waals surface area contributed by atoms with Crippen LogP contribution < -0.4 is 0 Å². The summed E-state index contributed by atoms with van der Waals surface area (Å²) in [6.07, 6.45) is 16.7. The first-order valence-electron chi connectivity index (χ1n) is 8.40. The van der Waals surface area contributed by atoms with Crippen molar-refractivity contribution in [3.8, 4) is 0 Å². The standard InChI is InChI=1S/C18H30O/c1-3-9-15-11-6-5-7-12-16(10-4-2)18-17(15)13-8-14-19-18/h8,13,15-16H,3-7,9-12,14H2,1-2H3. The molecule has 0 aromatic rings. The lowest BCUT2D eigenvalue weighted by molar-refractivity contribution is 0.184. The van der Waals surface area contributed by atoms with Gasteiger partial charge in [0.2, 0.25) is 0 Å². The van der Waals surface area contributed by atoms with Crippen LogP contribution in [0, 0.1) is 11.8 Å². The second-order valence-electron chi connectivity index (χ2n) is 6.14. The zero-order valence-electron chi connectivity index (χ0n) is 12.8. The largest absolute Gasteiger partial charge is 0.493 e. The highest BCUT2D eigenvalue weighted by molar-refractivity contribution is 5.29. The van der Waals surface area contributed by atoms with Gasteiger partial charge >= 0.3 is 0 Å². The third-order valence-electron chi connectivity index (χ3n) is 4.61. The van der Waals surface area contributed by atoms with Crippen LogP contribution in [0.4, 0.5) is 0 Å². The van der Waals surface area contributed by atoms with E-state index in [9.17, 15) is 0 Å². The van der Waals surface area contributed by atoms with Gasteiger partial charge < -0.3 is 4.74 Å². The zero-order valence-corrected chi connectivity index (χ0v) is 12.8. The van der Waals surface area contributed by atoms with Gasteiger partial charge in [-0.1, -0.05) is 52.0 Å². The quantitative estimate of drug-likeness (QED) is 0.638. The monoisotopic (exact) mass is 262 g/mol. The second kappa shape index (κ2) is 7.77. The van der Waals surface area contributed by atoms with Gasteiger partial charge in [-0.25, -0.2) is 0 Å². The summed E-state index contributed by atoms with van der Waals surface area (Å²) in [5.41, 5.74) is 1.55. The summed E-state index contributed by atoms with van der Waals surface area (Å²) >= 11 is 0. The summed E-state index contributed by atoms with van der Waals surface area (Å²) in [5, 5.41) is 0. The van der Waals surface area contributed by atoms with E-state index in [1.54, 1.807) is 5.57 Å². The van der Waals surface area contributed by atoms with Crippen molar-refractivity contribution in [3.05, 3.63) is 23.5 Å². The summed E-state index contributed by atoms with van der Waals surface area (Å²) in [6, 6.07) is 0. The average molecular weight is 262 g/mol. The van der Waals surface area contributed by atoms with Crippen molar-refractivity contribution in [2.75, 3.05) is 6.61 Å². The molecule has 1 heterocycles. The van der Waals surface area contributed by atoms with Crippen LogP contribution in [0.25, 0.3) is 0 Å². The summed E-state index contributed by atoms with van der Waals surface area (Å²) in [5.74, 6) is 2.79. The molecule has 0 fully saturated rings. The van der Waals surface area contributed by atoms with Crippen LogP contribution in [-0.4, -0.2) is 6.61 Å². The molecule has 2 unspecified atom stereocenters. The molecule has 0 N–H and O–H groups in total. The Morgan fingerprint density at radius 2 is 1.68 bits per heavy atom. The fourth-order valence-electron chi connectivity index (χ4n) is 3.69. The number of rotatable bonds is 4. The molecule has 1 aliphatic heterocycles. The lowest BCUT2D eigenvalue weighted by Crippen LogP contribution is -2.16. The Bertz CT molecular complexity index is 327. The molecule has 2 atom stereocenters. The van der Waals surface area contributed by atoms with E-state index in [1.807, 2.05) is 0 Å². The van der Waals surface area contributed by atoms with Gasteiger partial charge in [0, 0.05) is 5.92 Å². The number of ether oxygens (including phenoxy) is 1. The first-order chi connectivity index (χ1) is 9.36. The maximum absolute atomic E-state index is 6.11. The molecule has 1 heteroatoms. The Kier molecular flexibility index (Phi) is 6.00. The van der Waals surface area contributed by atoms with Crippen molar-refractivity contribution in [3.63, 3.8) is 0 Å². The molecule has 0 bridgehead atoms. The predicted octanol–water partition coefficient (Wildman–Crippen LogP) is 5.62. The first-order valence-corrected chi connectivity index (χ1v) is 8.40. The van der Waals surface area contributed by atoms with E-state index < -0.39 is 0 Å². The minimum Gasteiger partial charge on any atom is -0.493 e. The zero-order chi connectivity index (χ0) is 13.5. The molecule has 19 heavy (non-hydrogen) atoms. The normalized spacial score (nSPS) is 28.1. The Morgan fingerprint density at radius 3 is 2.42 bits per heavy atom. The number of hydrogen-bond donors (Lipinski definition) is 0. The topological polar surface area (TPSA) is 9.23 Å². The Labute approximate surface area is 119 Å². The van der Waals surface area contributed by atoms with Crippen LogP contribution in [0.5, 0.6) is 0 Å². The third kappa shape index (κ3) is 3.87. The molecule has 0 radical (unpaired) electrons. The van der Waals surface area contributed by atoms with Crippen molar-refractivity contribution >= 4 is 0 Å². The van der Waals surface area contributed by atoms with Gasteiger partial charge in [-0.05, 0) is 43.3 Å². The highest BCUT2D eigenvalue weighted by Crippen LogP contribution is 2.37. The van der Waals surface area contributed by atoms with Crippen LogP contribution in [0.15, 0.2) is 23.5 Å². The van der Waals surface area contributed by atoms with E-state index >= 15 is 0 Å². The second-order valence-corrected chi connectivity index (χ2v) is 6.14. The van der Waals surface area contributed by atoms with Crippen LogP contribution >= 0.6 is 0 Å². The van der Waals surface area contributed by atoms with Crippen molar-refractivity contribution in [2.24, 2.45) is 11.8 Å². The van der Waals surface area contributed by atoms with E-state index in [1.165, 1.54) is 63.5 Å². The highest BCUT2D eigenvalue weighted by atomic mass is 16.5. The summed E-state index contributed by atoms with van der Waals surface area (Å²) in [7, 11) is 0. The SMILES string of the molecule is CCCC1CCCCCC(CCC)C2=C1C=CCO2. The van der Waals surface area contributed by atoms with Gasteiger partial charge in [-0.2, -0.15) is 0 Å². The first kappa shape index (κ1) is 14.7. The minimum atomic E-state index is 0.683. The third-order valence-corrected chi connectivity index (χ3v) is 4.61. The Hall–Kier alpha value is -0.720. The van der Waals surface area contributed by atoms with Crippen molar-refractivity contribution in [1.82, 2.24) is 0 Å². The Morgan fingerprint density at radius 1 is 1.00 bits per heavy atom. The van der Waals surface area contributed by atoms with E-state index in [0.29, 0.717) is 5.92 Å². The van der Waals surface area contributed by atoms with E-state index in [-0.39, 0.29) is 0 Å². The fraction of sp³-hybridized carbons (Fsp3) is 0.778.